The van der Waals surface area contributed by atoms with E-state index in [1.807, 2.05) is 78.9 Å². The molecule has 1 N–H and O–H groups in total. The van der Waals surface area contributed by atoms with Gasteiger partial charge in [-0.2, -0.15) is 0 Å². The molecule has 0 saturated heterocycles. The summed E-state index contributed by atoms with van der Waals surface area (Å²) in [4.78, 5) is 27.8. The van der Waals surface area contributed by atoms with E-state index in [4.69, 9.17) is 9.15 Å². The first-order valence-corrected chi connectivity index (χ1v) is 10.8. The number of aldehydes is 1. The maximum atomic E-state index is 12.2. The number of oxazole rings is 1. The van der Waals surface area contributed by atoms with Crippen molar-refractivity contribution in [2.45, 2.75) is 24.9 Å². The molecule has 0 atom stereocenters. The molecule has 3 aromatic carbocycles. The van der Waals surface area contributed by atoms with Crippen molar-refractivity contribution in [1.82, 2.24) is 4.98 Å². The lowest BCUT2D eigenvalue weighted by Crippen LogP contribution is -2.13. The molecule has 1 aliphatic rings. The summed E-state index contributed by atoms with van der Waals surface area (Å²) in [7, 11) is 0. The van der Waals surface area contributed by atoms with Crippen molar-refractivity contribution in [3.8, 4) is 22.4 Å². The van der Waals surface area contributed by atoms with Crippen LogP contribution >= 0.6 is 0 Å². The van der Waals surface area contributed by atoms with Crippen molar-refractivity contribution < 1.29 is 18.7 Å². The van der Waals surface area contributed by atoms with Crippen LogP contribution < -0.4 is 5.32 Å². The molecule has 0 aliphatic heterocycles. The van der Waals surface area contributed by atoms with Gasteiger partial charge >= 0.3 is 6.09 Å². The molecule has 6 heteroatoms. The van der Waals surface area contributed by atoms with E-state index in [-0.39, 0.29) is 17.9 Å². The quantitative estimate of drug-likeness (QED) is 0.359. The zero-order valence-corrected chi connectivity index (χ0v) is 17.9. The Balaban J connectivity index is 1.26. The molecule has 1 heterocycles. The van der Waals surface area contributed by atoms with Gasteiger partial charge in [0, 0.05) is 5.56 Å². The lowest BCUT2D eigenvalue weighted by atomic mass is 9.94. The molecular formula is C27H22N2O4. The standard InChI is InChI=1S/C27H22N2O4/c30-17-27(14-15-27)23-12-10-21(11-13-23)20-6-8-22(9-7-20)24-25(33-18-28-24)29-26(31)32-16-19-4-2-1-3-5-19/h1-13,17-18H,14-16H2,(H,29,31). The first-order valence-electron chi connectivity index (χ1n) is 10.8. The predicted octanol–water partition coefficient (Wildman–Crippen LogP) is 5.99. The smallest absolute Gasteiger partial charge is 0.414 e. The van der Waals surface area contributed by atoms with Crippen molar-refractivity contribution in [3.63, 3.8) is 0 Å². The second-order valence-corrected chi connectivity index (χ2v) is 8.15. The third kappa shape index (κ3) is 4.41. The van der Waals surface area contributed by atoms with Gasteiger partial charge in [0.2, 0.25) is 5.88 Å². The summed E-state index contributed by atoms with van der Waals surface area (Å²) in [5, 5.41) is 2.62. The fourth-order valence-electron chi connectivity index (χ4n) is 3.82. The second-order valence-electron chi connectivity index (χ2n) is 8.15. The number of rotatable bonds is 7. The van der Waals surface area contributed by atoms with Crippen LogP contribution in [0.25, 0.3) is 22.4 Å². The number of hydrogen-bond acceptors (Lipinski definition) is 5. The fraction of sp³-hybridized carbons (Fsp3) is 0.148. The highest BCUT2D eigenvalue weighted by Gasteiger charge is 2.44. The van der Waals surface area contributed by atoms with E-state index in [9.17, 15) is 9.59 Å². The zero-order valence-electron chi connectivity index (χ0n) is 17.9. The average molecular weight is 438 g/mol. The molecule has 33 heavy (non-hydrogen) atoms. The van der Waals surface area contributed by atoms with Gasteiger partial charge < -0.3 is 13.9 Å². The van der Waals surface area contributed by atoms with Crippen LogP contribution in [0.3, 0.4) is 0 Å². The molecular weight excluding hydrogens is 416 g/mol. The first-order chi connectivity index (χ1) is 16.2. The molecule has 1 aromatic heterocycles. The van der Waals surface area contributed by atoms with Crippen LogP contribution in [0.1, 0.15) is 24.0 Å². The lowest BCUT2D eigenvalue weighted by molar-refractivity contribution is -0.109. The minimum Gasteiger partial charge on any atom is -0.444 e. The molecule has 4 aromatic rings. The summed E-state index contributed by atoms with van der Waals surface area (Å²) in [6.07, 6.45) is 3.60. The largest absolute Gasteiger partial charge is 0.444 e. The van der Waals surface area contributed by atoms with Gasteiger partial charge in [0.05, 0.1) is 5.41 Å². The van der Waals surface area contributed by atoms with Gasteiger partial charge in [-0.3, -0.25) is 5.32 Å². The van der Waals surface area contributed by atoms with Crippen LogP contribution in [0.15, 0.2) is 89.7 Å². The lowest BCUT2D eigenvalue weighted by Gasteiger charge is -2.09. The number of aromatic nitrogens is 1. The summed E-state index contributed by atoms with van der Waals surface area (Å²) in [6.45, 7) is 0.164. The SMILES string of the molecule is O=CC1(c2ccc(-c3ccc(-c4ncoc4NC(=O)OCc4ccccc4)cc3)cc2)CC1. The number of carbonyl (C=O) groups excluding carboxylic acids is 2. The number of amides is 1. The molecule has 5 rings (SSSR count). The Hall–Kier alpha value is -4.19. The normalized spacial score (nSPS) is 13.8. The van der Waals surface area contributed by atoms with Crippen LogP contribution in [-0.4, -0.2) is 17.4 Å². The number of hydrogen-bond donors (Lipinski definition) is 1. The summed E-state index contributed by atoms with van der Waals surface area (Å²) in [5.74, 6) is 0.230. The molecule has 1 saturated carbocycles. The summed E-state index contributed by atoms with van der Waals surface area (Å²) < 4.78 is 10.6. The topological polar surface area (TPSA) is 81.4 Å². The fourth-order valence-corrected chi connectivity index (χ4v) is 3.82. The first kappa shape index (κ1) is 20.7. The molecule has 0 unspecified atom stereocenters. The zero-order chi connectivity index (χ0) is 22.7. The van der Waals surface area contributed by atoms with Crippen molar-refractivity contribution >= 4 is 18.3 Å². The highest BCUT2D eigenvalue weighted by atomic mass is 16.5. The van der Waals surface area contributed by atoms with Gasteiger partial charge in [0.1, 0.15) is 18.6 Å². The molecule has 0 spiro atoms. The van der Waals surface area contributed by atoms with Crippen LogP contribution in [0, 0.1) is 0 Å². The molecule has 1 aliphatic carbocycles. The Morgan fingerprint density at radius 3 is 2.21 bits per heavy atom. The number of nitrogens with one attached hydrogen (secondary N) is 1. The van der Waals surface area contributed by atoms with Crippen LogP contribution in [-0.2, 0) is 21.6 Å². The van der Waals surface area contributed by atoms with Gasteiger partial charge in [-0.25, -0.2) is 9.78 Å². The summed E-state index contributed by atoms with van der Waals surface area (Å²) >= 11 is 0. The maximum absolute atomic E-state index is 12.2. The van der Waals surface area contributed by atoms with Crippen molar-refractivity contribution in [3.05, 3.63) is 96.4 Å². The molecule has 164 valence electrons. The van der Waals surface area contributed by atoms with Gasteiger partial charge in [0.15, 0.2) is 6.39 Å². The van der Waals surface area contributed by atoms with Gasteiger partial charge in [-0.1, -0.05) is 78.9 Å². The van der Waals surface area contributed by atoms with Gasteiger partial charge in [-0.15, -0.1) is 0 Å². The van der Waals surface area contributed by atoms with Crippen molar-refractivity contribution in [2.24, 2.45) is 0 Å². The molecule has 1 fully saturated rings. The number of benzene rings is 3. The van der Waals surface area contributed by atoms with E-state index in [0.29, 0.717) is 5.69 Å². The second kappa shape index (κ2) is 8.74. The minimum atomic E-state index is -0.614. The Kier molecular flexibility index (Phi) is 5.48. The van der Waals surface area contributed by atoms with E-state index in [0.717, 1.165) is 46.9 Å². The Labute approximate surface area is 191 Å². The van der Waals surface area contributed by atoms with Gasteiger partial charge in [-0.05, 0) is 35.1 Å². The molecule has 1 amide bonds. The van der Waals surface area contributed by atoms with Crippen molar-refractivity contribution in [2.75, 3.05) is 5.32 Å². The Bertz CT molecular complexity index is 1260. The third-order valence-electron chi connectivity index (χ3n) is 5.96. The van der Waals surface area contributed by atoms with E-state index in [1.54, 1.807) is 0 Å². The highest BCUT2D eigenvalue weighted by molar-refractivity contribution is 5.88. The van der Waals surface area contributed by atoms with Crippen LogP contribution in [0.4, 0.5) is 10.7 Å². The number of anilines is 1. The average Bonchev–Trinajstić information content (AvgIpc) is 3.55. The van der Waals surface area contributed by atoms with Gasteiger partial charge in [0.25, 0.3) is 0 Å². The van der Waals surface area contributed by atoms with Crippen LogP contribution in [0.5, 0.6) is 0 Å². The molecule has 0 radical (unpaired) electrons. The predicted molar refractivity (Wildman–Crippen MR) is 125 cm³/mol. The number of carbonyl (C=O) groups is 2. The Morgan fingerprint density at radius 1 is 0.939 bits per heavy atom. The maximum Gasteiger partial charge on any atom is 0.414 e. The molecule has 0 bridgehead atoms. The monoisotopic (exact) mass is 438 g/mol. The van der Waals surface area contributed by atoms with Crippen LogP contribution in [0.2, 0.25) is 0 Å². The summed E-state index contributed by atoms with van der Waals surface area (Å²) in [6, 6.07) is 25.4. The van der Waals surface area contributed by atoms with E-state index in [2.05, 4.69) is 10.3 Å². The van der Waals surface area contributed by atoms with E-state index in [1.165, 1.54) is 6.39 Å². The number of nitrogens with zero attached hydrogens (tertiary/aromatic N) is 1. The third-order valence-corrected chi connectivity index (χ3v) is 5.96. The molecule has 6 nitrogen and oxygen atoms in total. The number of ether oxygens (including phenoxy) is 1. The van der Waals surface area contributed by atoms with Crippen molar-refractivity contribution in [1.29, 1.82) is 0 Å². The highest BCUT2D eigenvalue weighted by Crippen LogP contribution is 2.46. The Morgan fingerprint density at radius 2 is 1.58 bits per heavy atom. The van der Waals surface area contributed by atoms with E-state index >= 15 is 0 Å². The minimum absolute atomic E-state index is 0.164. The summed E-state index contributed by atoms with van der Waals surface area (Å²) in [5.41, 5.74) is 5.15. The van der Waals surface area contributed by atoms with E-state index < -0.39 is 6.09 Å².